The van der Waals surface area contributed by atoms with Gasteiger partial charge >= 0.3 is 0 Å². The number of carbonyl (C=O) groups excluding carboxylic acids is 1. The second kappa shape index (κ2) is 5.15. The summed E-state index contributed by atoms with van der Waals surface area (Å²) in [4.78, 5) is 14.3. The first kappa shape index (κ1) is 11.9. The van der Waals surface area contributed by atoms with Crippen molar-refractivity contribution in [1.82, 2.24) is 10.3 Å². The first-order valence-electron chi connectivity index (χ1n) is 5.95. The summed E-state index contributed by atoms with van der Waals surface area (Å²) in [5.74, 6) is 0.241. The van der Waals surface area contributed by atoms with E-state index in [1.165, 1.54) is 10.9 Å². The molecule has 0 saturated heterocycles. The monoisotopic (exact) mass is 230 g/mol. The van der Waals surface area contributed by atoms with Gasteiger partial charge < -0.3 is 15.1 Å². The number of aromatic amines is 1. The van der Waals surface area contributed by atoms with Crippen LogP contribution in [0.2, 0.25) is 0 Å². The second-order valence-corrected chi connectivity index (χ2v) is 4.37. The Morgan fingerprint density at radius 2 is 2.18 bits per heavy atom. The summed E-state index contributed by atoms with van der Waals surface area (Å²) in [5, 5.41) is 4.51. The zero-order valence-electron chi connectivity index (χ0n) is 10.3. The van der Waals surface area contributed by atoms with Crippen LogP contribution in [-0.2, 0) is 4.79 Å². The van der Waals surface area contributed by atoms with Crippen molar-refractivity contribution in [3.8, 4) is 0 Å². The molecule has 0 saturated carbocycles. The van der Waals surface area contributed by atoms with Gasteiger partial charge in [0.25, 0.3) is 0 Å². The highest BCUT2D eigenvalue weighted by Crippen LogP contribution is 2.26. The Morgan fingerprint density at radius 3 is 2.88 bits per heavy atom. The number of hydrogen-bond donors (Lipinski definition) is 2. The van der Waals surface area contributed by atoms with E-state index < -0.39 is 0 Å². The molecule has 0 amide bonds. The van der Waals surface area contributed by atoms with Crippen molar-refractivity contribution in [3.63, 3.8) is 0 Å². The molecule has 1 heterocycles. The third-order valence-electron chi connectivity index (χ3n) is 3.13. The molecule has 1 aromatic heterocycles. The molecule has 0 fully saturated rings. The molecule has 1 unspecified atom stereocenters. The minimum absolute atomic E-state index is 0.232. The maximum atomic E-state index is 11.1. The van der Waals surface area contributed by atoms with Gasteiger partial charge in [0.05, 0.1) is 0 Å². The number of benzene rings is 1. The molecule has 0 aliphatic heterocycles. The zero-order valence-corrected chi connectivity index (χ0v) is 10.3. The first-order valence-corrected chi connectivity index (χ1v) is 5.95. The summed E-state index contributed by atoms with van der Waals surface area (Å²) in [7, 11) is 1.94. The SMILES string of the molecule is CNC(CCC(C)=O)c1c[nH]c2ccccc12. The van der Waals surface area contributed by atoms with Gasteiger partial charge in [-0.15, -0.1) is 0 Å². The third kappa shape index (κ3) is 2.56. The molecule has 0 radical (unpaired) electrons. The lowest BCUT2D eigenvalue weighted by molar-refractivity contribution is -0.117. The van der Waals surface area contributed by atoms with Gasteiger partial charge in [0.2, 0.25) is 0 Å². The van der Waals surface area contributed by atoms with Crippen molar-refractivity contribution in [1.29, 1.82) is 0 Å². The first-order chi connectivity index (χ1) is 8.22. The second-order valence-electron chi connectivity index (χ2n) is 4.37. The summed E-state index contributed by atoms with van der Waals surface area (Å²) >= 11 is 0. The fraction of sp³-hybridized carbons (Fsp3) is 0.357. The highest BCUT2D eigenvalue weighted by Gasteiger charge is 2.14. The molecule has 17 heavy (non-hydrogen) atoms. The van der Waals surface area contributed by atoms with E-state index in [4.69, 9.17) is 0 Å². The lowest BCUT2D eigenvalue weighted by atomic mass is 10.0. The number of hydrogen-bond acceptors (Lipinski definition) is 2. The number of rotatable bonds is 5. The van der Waals surface area contributed by atoms with E-state index in [1.807, 2.05) is 25.4 Å². The molecule has 0 bridgehead atoms. The van der Waals surface area contributed by atoms with E-state index in [0.717, 1.165) is 11.9 Å². The molecule has 2 rings (SSSR count). The van der Waals surface area contributed by atoms with Gasteiger partial charge in [0.15, 0.2) is 0 Å². The molecule has 3 nitrogen and oxygen atoms in total. The number of para-hydroxylation sites is 1. The molecule has 1 aromatic carbocycles. The molecular weight excluding hydrogens is 212 g/mol. The predicted molar refractivity (Wildman–Crippen MR) is 70.0 cm³/mol. The van der Waals surface area contributed by atoms with Crippen molar-refractivity contribution in [2.24, 2.45) is 0 Å². The number of Topliss-reactive ketones (excluding diaryl/α,β-unsaturated/α-hetero) is 1. The summed E-state index contributed by atoms with van der Waals surface area (Å²) in [5.41, 5.74) is 2.38. The van der Waals surface area contributed by atoms with E-state index >= 15 is 0 Å². The largest absolute Gasteiger partial charge is 0.361 e. The predicted octanol–water partition coefficient (Wildman–Crippen LogP) is 2.80. The molecular formula is C14H18N2O. The molecule has 90 valence electrons. The van der Waals surface area contributed by atoms with Crippen LogP contribution in [0.5, 0.6) is 0 Å². The quantitative estimate of drug-likeness (QED) is 0.829. The molecule has 2 N–H and O–H groups in total. The van der Waals surface area contributed by atoms with E-state index in [2.05, 4.69) is 22.4 Å². The lowest BCUT2D eigenvalue weighted by Gasteiger charge is -2.14. The number of H-pyrrole nitrogens is 1. The number of aromatic nitrogens is 1. The molecule has 0 aliphatic carbocycles. The van der Waals surface area contributed by atoms with Crippen LogP contribution < -0.4 is 5.32 Å². The van der Waals surface area contributed by atoms with Crippen molar-refractivity contribution >= 4 is 16.7 Å². The third-order valence-corrected chi connectivity index (χ3v) is 3.13. The fourth-order valence-corrected chi connectivity index (χ4v) is 2.19. The van der Waals surface area contributed by atoms with Crippen LogP contribution in [0.3, 0.4) is 0 Å². The highest BCUT2D eigenvalue weighted by molar-refractivity contribution is 5.83. The number of fused-ring (bicyclic) bond motifs is 1. The van der Waals surface area contributed by atoms with Crippen LogP contribution in [0.4, 0.5) is 0 Å². The van der Waals surface area contributed by atoms with Crippen LogP contribution in [-0.4, -0.2) is 17.8 Å². The van der Waals surface area contributed by atoms with Crippen molar-refractivity contribution < 1.29 is 4.79 Å². The Hall–Kier alpha value is -1.61. The molecule has 0 spiro atoms. The van der Waals surface area contributed by atoms with Crippen LogP contribution in [0, 0.1) is 0 Å². The van der Waals surface area contributed by atoms with E-state index in [1.54, 1.807) is 6.92 Å². The fourth-order valence-electron chi connectivity index (χ4n) is 2.19. The van der Waals surface area contributed by atoms with Gasteiger partial charge in [-0.3, -0.25) is 0 Å². The van der Waals surface area contributed by atoms with E-state index in [9.17, 15) is 4.79 Å². The Kier molecular flexibility index (Phi) is 3.59. The Bertz CT molecular complexity index is 516. The number of carbonyl (C=O) groups is 1. The molecule has 0 aliphatic rings. The smallest absolute Gasteiger partial charge is 0.129 e. The number of nitrogens with one attached hydrogen (secondary N) is 2. The van der Waals surface area contributed by atoms with E-state index in [0.29, 0.717) is 6.42 Å². The number of ketones is 1. The Morgan fingerprint density at radius 1 is 1.41 bits per heavy atom. The topological polar surface area (TPSA) is 44.9 Å². The zero-order chi connectivity index (χ0) is 12.3. The molecule has 2 aromatic rings. The maximum Gasteiger partial charge on any atom is 0.129 e. The van der Waals surface area contributed by atoms with Crippen LogP contribution in [0.25, 0.3) is 10.9 Å². The van der Waals surface area contributed by atoms with Crippen molar-refractivity contribution in [2.75, 3.05) is 7.05 Å². The van der Waals surface area contributed by atoms with Gasteiger partial charge in [0, 0.05) is 29.6 Å². The van der Waals surface area contributed by atoms with Crippen LogP contribution >= 0.6 is 0 Å². The summed E-state index contributed by atoms with van der Waals surface area (Å²) in [6.07, 6.45) is 3.49. The lowest BCUT2D eigenvalue weighted by Crippen LogP contribution is -2.16. The highest BCUT2D eigenvalue weighted by atomic mass is 16.1. The van der Waals surface area contributed by atoms with Crippen LogP contribution in [0.1, 0.15) is 31.4 Å². The minimum atomic E-state index is 0.232. The average Bonchev–Trinajstić information content (AvgIpc) is 2.74. The van der Waals surface area contributed by atoms with Gasteiger partial charge in [-0.05, 0) is 32.0 Å². The van der Waals surface area contributed by atoms with Crippen molar-refractivity contribution in [2.45, 2.75) is 25.8 Å². The summed E-state index contributed by atoms with van der Waals surface area (Å²) in [6.45, 7) is 1.64. The van der Waals surface area contributed by atoms with Crippen molar-refractivity contribution in [3.05, 3.63) is 36.0 Å². The standard InChI is InChI=1S/C14H18N2O/c1-10(17)7-8-13(15-2)12-9-16-14-6-4-3-5-11(12)14/h3-6,9,13,15-16H,7-8H2,1-2H3. The summed E-state index contributed by atoms with van der Waals surface area (Å²) < 4.78 is 0. The normalized spacial score (nSPS) is 12.8. The summed E-state index contributed by atoms with van der Waals surface area (Å²) in [6, 6.07) is 8.47. The van der Waals surface area contributed by atoms with Gasteiger partial charge in [-0.1, -0.05) is 18.2 Å². The van der Waals surface area contributed by atoms with Gasteiger partial charge in [-0.25, -0.2) is 0 Å². The Balaban J connectivity index is 2.27. The molecule has 1 atom stereocenters. The average molecular weight is 230 g/mol. The molecule has 3 heteroatoms. The van der Waals surface area contributed by atoms with Crippen LogP contribution in [0.15, 0.2) is 30.5 Å². The minimum Gasteiger partial charge on any atom is -0.361 e. The maximum absolute atomic E-state index is 11.1. The van der Waals surface area contributed by atoms with E-state index in [-0.39, 0.29) is 11.8 Å². The van der Waals surface area contributed by atoms with Gasteiger partial charge in [0.1, 0.15) is 5.78 Å². The Labute approximate surface area is 101 Å². The van der Waals surface area contributed by atoms with Gasteiger partial charge in [-0.2, -0.15) is 0 Å².